The standard InChI is InChI=1S/C19H19N3O4/c1-19(2,3)26-18(23)20-14-7-4-12(5-8-14)16-10-13-6-9-15(22(24)25)11-17(13)21-16/h4-9,11H,10H2,1-3H3,(H,20,23). The van der Waals surface area contributed by atoms with Gasteiger partial charge in [0.25, 0.3) is 5.69 Å². The van der Waals surface area contributed by atoms with Crippen molar-refractivity contribution < 1.29 is 14.5 Å². The molecule has 0 spiro atoms. The number of nitrogens with one attached hydrogen (secondary N) is 1. The average Bonchev–Trinajstić information content (AvgIpc) is 2.96. The first kappa shape index (κ1) is 17.6. The number of hydrogen-bond donors (Lipinski definition) is 1. The van der Waals surface area contributed by atoms with Crippen LogP contribution in [-0.4, -0.2) is 22.3 Å². The van der Waals surface area contributed by atoms with E-state index in [1.54, 1.807) is 39.0 Å². The van der Waals surface area contributed by atoms with Crippen molar-refractivity contribution in [2.24, 2.45) is 4.99 Å². The van der Waals surface area contributed by atoms with Gasteiger partial charge in [0.1, 0.15) is 5.60 Å². The van der Waals surface area contributed by atoms with Gasteiger partial charge in [0, 0.05) is 24.2 Å². The van der Waals surface area contributed by atoms with Crippen molar-refractivity contribution in [3.63, 3.8) is 0 Å². The third-order valence-electron chi connectivity index (χ3n) is 3.76. The summed E-state index contributed by atoms with van der Waals surface area (Å²) in [6, 6.07) is 12.0. The summed E-state index contributed by atoms with van der Waals surface area (Å²) in [6.45, 7) is 5.40. The van der Waals surface area contributed by atoms with E-state index in [9.17, 15) is 14.9 Å². The SMILES string of the molecule is CC(C)(C)OC(=O)Nc1ccc(C2=Nc3cc([N+](=O)[O-])ccc3C2)cc1. The number of hydrogen-bond acceptors (Lipinski definition) is 5. The third-order valence-corrected chi connectivity index (χ3v) is 3.76. The van der Waals surface area contributed by atoms with Crippen molar-refractivity contribution in [3.8, 4) is 0 Å². The maximum absolute atomic E-state index is 11.8. The summed E-state index contributed by atoms with van der Waals surface area (Å²) in [5.74, 6) is 0. The molecule has 0 saturated carbocycles. The monoisotopic (exact) mass is 353 g/mol. The summed E-state index contributed by atoms with van der Waals surface area (Å²) in [7, 11) is 0. The molecule has 0 aliphatic carbocycles. The number of carbonyl (C=O) groups excluding carboxylic acids is 1. The number of carbonyl (C=O) groups is 1. The fraction of sp³-hybridized carbons (Fsp3) is 0.263. The van der Waals surface area contributed by atoms with E-state index in [0.29, 0.717) is 17.8 Å². The van der Waals surface area contributed by atoms with Crippen molar-refractivity contribution in [2.75, 3.05) is 5.32 Å². The molecule has 0 bridgehead atoms. The van der Waals surface area contributed by atoms with Gasteiger partial charge in [-0.3, -0.25) is 20.4 Å². The van der Waals surface area contributed by atoms with Crippen LogP contribution in [0, 0.1) is 10.1 Å². The molecule has 26 heavy (non-hydrogen) atoms. The van der Waals surface area contributed by atoms with Crippen molar-refractivity contribution >= 4 is 28.9 Å². The lowest BCUT2D eigenvalue weighted by Gasteiger charge is -2.19. The first-order valence-electron chi connectivity index (χ1n) is 8.16. The van der Waals surface area contributed by atoms with Crippen LogP contribution in [0.25, 0.3) is 0 Å². The molecule has 1 aliphatic rings. The highest BCUT2D eigenvalue weighted by Gasteiger charge is 2.20. The van der Waals surface area contributed by atoms with E-state index in [-0.39, 0.29) is 5.69 Å². The number of aliphatic imine (C=N–C) groups is 1. The Bertz CT molecular complexity index is 896. The highest BCUT2D eigenvalue weighted by Crippen LogP contribution is 2.32. The highest BCUT2D eigenvalue weighted by molar-refractivity contribution is 6.07. The van der Waals surface area contributed by atoms with Crippen LogP contribution in [0.15, 0.2) is 47.5 Å². The smallest absolute Gasteiger partial charge is 0.412 e. The van der Waals surface area contributed by atoms with Gasteiger partial charge in [-0.15, -0.1) is 0 Å². The molecule has 0 saturated heterocycles. The fourth-order valence-electron chi connectivity index (χ4n) is 2.62. The van der Waals surface area contributed by atoms with Crippen molar-refractivity contribution in [2.45, 2.75) is 32.8 Å². The number of rotatable bonds is 3. The van der Waals surface area contributed by atoms with E-state index in [1.807, 2.05) is 12.1 Å². The molecule has 2 aromatic rings. The Hall–Kier alpha value is -3.22. The summed E-state index contributed by atoms with van der Waals surface area (Å²) in [5, 5.41) is 13.6. The molecule has 0 aromatic heterocycles. The molecular weight excluding hydrogens is 334 g/mol. The maximum Gasteiger partial charge on any atom is 0.412 e. The fourth-order valence-corrected chi connectivity index (χ4v) is 2.62. The number of fused-ring (bicyclic) bond motifs is 1. The van der Waals surface area contributed by atoms with Crippen LogP contribution < -0.4 is 5.32 Å². The molecule has 0 unspecified atom stereocenters. The second-order valence-electron chi connectivity index (χ2n) is 7.01. The lowest BCUT2D eigenvalue weighted by atomic mass is 10.0. The number of nitro groups is 1. The molecule has 2 aromatic carbocycles. The third kappa shape index (κ3) is 4.05. The summed E-state index contributed by atoms with van der Waals surface area (Å²) in [6.07, 6.45) is 0.106. The highest BCUT2D eigenvalue weighted by atomic mass is 16.6. The number of ether oxygens (including phenoxy) is 1. The Kier molecular flexibility index (Phi) is 4.46. The zero-order valence-electron chi connectivity index (χ0n) is 14.8. The molecule has 1 N–H and O–H groups in total. The molecule has 1 aliphatic heterocycles. The number of non-ortho nitro benzene ring substituents is 1. The first-order valence-corrected chi connectivity index (χ1v) is 8.16. The van der Waals surface area contributed by atoms with Crippen LogP contribution >= 0.6 is 0 Å². The lowest BCUT2D eigenvalue weighted by Crippen LogP contribution is -2.27. The zero-order chi connectivity index (χ0) is 18.9. The largest absolute Gasteiger partial charge is 0.444 e. The number of anilines is 1. The molecule has 1 amide bonds. The minimum Gasteiger partial charge on any atom is -0.444 e. The van der Waals surface area contributed by atoms with Crippen LogP contribution in [0.1, 0.15) is 31.9 Å². The number of amides is 1. The van der Waals surface area contributed by atoms with Gasteiger partial charge in [0.15, 0.2) is 0 Å². The van der Waals surface area contributed by atoms with Gasteiger partial charge in [-0.2, -0.15) is 0 Å². The quantitative estimate of drug-likeness (QED) is 0.643. The van der Waals surface area contributed by atoms with Crippen LogP contribution in [0.2, 0.25) is 0 Å². The molecular formula is C19H19N3O4. The first-order chi connectivity index (χ1) is 12.2. The Morgan fingerprint density at radius 3 is 2.50 bits per heavy atom. The van der Waals surface area contributed by atoms with E-state index >= 15 is 0 Å². The van der Waals surface area contributed by atoms with Gasteiger partial charge in [0.2, 0.25) is 0 Å². The van der Waals surface area contributed by atoms with Gasteiger partial charge < -0.3 is 4.74 Å². The van der Waals surface area contributed by atoms with Gasteiger partial charge in [-0.05, 0) is 50.1 Å². The number of benzene rings is 2. The number of nitrogens with zero attached hydrogens (tertiary/aromatic N) is 2. The van der Waals surface area contributed by atoms with Crippen molar-refractivity contribution in [1.82, 2.24) is 0 Å². The van der Waals surface area contributed by atoms with Gasteiger partial charge in [-0.1, -0.05) is 12.1 Å². The lowest BCUT2D eigenvalue weighted by molar-refractivity contribution is -0.384. The van der Waals surface area contributed by atoms with E-state index in [4.69, 9.17) is 4.74 Å². The average molecular weight is 353 g/mol. The molecule has 0 radical (unpaired) electrons. The van der Waals surface area contributed by atoms with E-state index in [1.165, 1.54) is 12.1 Å². The van der Waals surface area contributed by atoms with Gasteiger partial charge >= 0.3 is 6.09 Å². The molecule has 7 heteroatoms. The summed E-state index contributed by atoms with van der Waals surface area (Å²) in [4.78, 5) is 26.7. The van der Waals surface area contributed by atoms with Crippen LogP contribution in [-0.2, 0) is 11.2 Å². The second kappa shape index (κ2) is 6.59. The van der Waals surface area contributed by atoms with Gasteiger partial charge in [0.05, 0.1) is 16.3 Å². The molecule has 7 nitrogen and oxygen atoms in total. The number of nitro benzene ring substituents is 1. The molecule has 0 fully saturated rings. The Balaban J connectivity index is 1.72. The van der Waals surface area contributed by atoms with E-state index < -0.39 is 16.6 Å². The van der Waals surface area contributed by atoms with Crippen molar-refractivity contribution in [3.05, 3.63) is 63.7 Å². The predicted molar refractivity (Wildman–Crippen MR) is 99.3 cm³/mol. The molecule has 1 heterocycles. The predicted octanol–water partition coefficient (Wildman–Crippen LogP) is 4.62. The minimum atomic E-state index is -0.559. The topological polar surface area (TPSA) is 93.8 Å². The zero-order valence-corrected chi connectivity index (χ0v) is 14.8. The van der Waals surface area contributed by atoms with E-state index in [0.717, 1.165) is 16.8 Å². The summed E-state index contributed by atoms with van der Waals surface area (Å²) >= 11 is 0. The maximum atomic E-state index is 11.8. The Morgan fingerprint density at radius 1 is 1.19 bits per heavy atom. The Morgan fingerprint density at radius 2 is 1.88 bits per heavy atom. The van der Waals surface area contributed by atoms with Gasteiger partial charge in [-0.25, -0.2) is 4.79 Å². The summed E-state index contributed by atoms with van der Waals surface area (Å²) < 4.78 is 5.22. The van der Waals surface area contributed by atoms with Crippen LogP contribution in [0.4, 0.5) is 21.9 Å². The van der Waals surface area contributed by atoms with Crippen LogP contribution in [0.3, 0.4) is 0 Å². The van der Waals surface area contributed by atoms with Crippen molar-refractivity contribution in [1.29, 1.82) is 0 Å². The normalized spacial score (nSPS) is 13.0. The minimum absolute atomic E-state index is 0.0330. The van der Waals surface area contributed by atoms with E-state index in [2.05, 4.69) is 10.3 Å². The molecule has 134 valence electrons. The molecule has 0 atom stereocenters. The van der Waals surface area contributed by atoms with Crippen LogP contribution in [0.5, 0.6) is 0 Å². The second-order valence-corrected chi connectivity index (χ2v) is 7.01. The summed E-state index contributed by atoms with van der Waals surface area (Å²) in [5.41, 5.74) is 3.42. The Labute approximate surface area is 150 Å². The molecule has 3 rings (SSSR count).